The number of primary amides is 1. The molecule has 2 bridgehead atoms. The summed E-state index contributed by atoms with van der Waals surface area (Å²) in [5, 5.41) is 0. The molecule has 130 valence electrons. The van der Waals surface area contributed by atoms with Crippen molar-refractivity contribution in [1.29, 1.82) is 0 Å². The van der Waals surface area contributed by atoms with Crippen molar-refractivity contribution >= 4 is 11.7 Å². The first-order chi connectivity index (χ1) is 11.1. The Morgan fingerprint density at radius 2 is 1.79 bits per heavy atom. The molecule has 3 rings (SSSR count). The van der Waals surface area contributed by atoms with E-state index in [9.17, 15) is 9.59 Å². The predicted octanol–water partition coefficient (Wildman–Crippen LogP) is 3.92. The van der Waals surface area contributed by atoms with Crippen LogP contribution in [-0.2, 0) is 16.0 Å². The minimum absolute atomic E-state index is 0.110. The Morgan fingerprint density at radius 1 is 1.25 bits per heavy atom. The Labute approximate surface area is 145 Å². The van der Waals surface area contributed by atoms with Crippen LogP contribution >= 0.6 is 0 Å². The van der Waals surface area contributed by atoms with Gasteiger partial charge in [0.05, 0.1) is 0 Å². The van der Waals surface area contributed by atoms with Crippen molar-refractivity contribution in [2.75, 3.05) is 0 Å². The van der Waals surface area contributed by atoms with Crippen LogP contribution in [0.15, 0.2) is 43.0 Å². The van der Waals surface area contributed by atoms with Crippen molar-refractivity contribution in [3.05, 3.63) is 48.6 Å². The fourth-order valence-electron chi connectivity index (χ4n) is 5.03. The Bertz CT molecular complexity index is 649. The van der Waals surface area contributed by atoms with Gasteiger partial charge in [-0.2, -0.15) is 0 Å². The molecule has 24 heavy (non-hydrogen) atoms. The van der Waals surface area contributed by atoms with E-state index in [1.807, 2.05) is 6.07 Å². The Morgan fingerprint density at radius 3 is 2.21 bits per heavy atom. The number of nitrogens with two attached hydrogens (primary N) is 1. The molecule has 0 radical (unpaired) electrons. The van der Waals surface area contributed by atoms with Crippen LogP contribution in [0.3, 0.4) is 0 Å². The molecule has 0 aliphatic heterocycles. The molecular weight excluding hydrogens is 298 g/mol. The third-order valence-electron chi connectivity index (χ3n) is 6.63. The minimum Gasteiger partial charge on any atom is -0.366 e. The van der Waals surface area contributed by atoms with Crippen molar-refractivity contribution in [3.63, 3.8) is 0 Å². The van der Waals surface area contributed by atoms with Crippen LogP contribution in [0.2, 0.25) is 0 Å². The Kier molecular flexibility index (Phi) is 4.76. The first-order valence-electron chi connectivity index (χ1n) is 8.60. The number of hydrogen-bond donors (Lipinski definition) is 1. The summed E-state index contributed by atoms with van der Waals surface area (Å²) in [6, 6.07) is 10.5. The van der Waals surface area contributed by atoms with Crippen LogP contribution < -0.4 is 5.73 Å². The molecule has 1 amide bonds. The fourth-order valence-corrected chi connectivity index (χ4v) is 5.03. The first kappa shape index (κ1) is 18.4. The summed E-state index contributed by atoms with van der Waals surface area (Å²) in [6.45, 7) is 12.1. The molecule has 2 fully saturated rings. The zero-order valence-electron chi connectivity index (χ0n) is 15.3. The molecule has 0 spiro atoms. The van der Waals surface area contributed by atoms with E-state index in [0.717, 1.165) is 18.9 Å². The summed E-state index contributed by atoms with van der Waals surface area (Å²) in [7, 11) is 0. The summed E-state index contributed by atoms with van der Waals surface area (Å²) in [5.41, 5.74) is 5.70. The van der Waals surface area contributed by atoms with Crippen LogP contribution in [0.25, 0.3) is 0 Å². The molecule has 1 aromatic carbocycles. The third kappa shape index (κ3) is 2.70. The van der Waals surface area contributed by atoms with Gasteiger partial charge in [0.1, 0.15) is 5.78 Å². The van der Waals surface area contributed by atoms with Crippen LogP contribution in [0.5, 0.6) is 0 Å². The lowest BCUT2D eigenvalue weighted by Gasteiger charge is -2.35. The molecule has 2 N–H and O–H groups in total. The van der Waals surface area contributed by atoms with E-state index in [0.29, 0.717) is 11.7 Å². The molecule has 1 aromatic rings. The van der Waals surface area contributed by atoms with Gasteiger partial charge in [-0.15, -0.1) is 0 Å². The van der Waals surface area contributed by atoms with E-state index in [1.165, 1.54) is 12.0 Å². The lowest BCUT2D eigenvalue weighted by molar-refractivity contribution is -0.136. The van der Waals surface area contributed by atoms with Crippen LogP contribution in [0.1, 0.15) is 46.1 Å². The summed E-state index contributed by atoms with van der Waals surface area (Å²) >= 11 is 0. The minimum atomic E-state index is -0.481. The molecule has 2 aliphatic rings. The molecule has 2 saturated carbocycles. The second-order valence-electron chi connectivity index (χ2n) is 8.16. The average Bonchev–Trinajstić information content (AvgIpc) is 2.83. The van der Waals surface area contributed by atoms with Gasteiger partial charge in [0.2, 0.25) is 5.91 Å². The van der Waals surface area contributed by atoms with Gasteiger partial charge in [-0.05, 0) is 42.2 Å². The number of carbonyl (C=O) groups excluding carboxylic acids is 2. The molecule has 0 aromatic heterocycles. The fraction of sp³-hybridized carbons (Fsp3) is 0.524. The van der Waals surface area contributed by atoms with Crippen molar-refractivity contribution in [2.24, 2.45) is 27.9 Å². The van der Waals surface area contributed by atoms with Crippen LogP contribution in [0.4, 0.5) is 0 Å². The number of Topliss-reactive ketones (excluding diaryl/α,β-unsaturated/α-hetero) is 1. The lowest BCUT2D eigenvalue weighted by atomic mass is 9.67. The first-order valence-corrected chi connectivity index (χ1v) is 8.60. The highest BCUT2D eigenvalue weighted by Gasteiger charge is 2.70. The van der Waals surface area contributed by atoms with Gasteiger partial charge < -0.3 is 5.73 Å². The maximum absolute atomic E-state index is 13.0. The van der Waals surface area contributed by atoms with Gasteiger partial charge in [-0.3, -0.25) is 9.59 Å². The quantitative estimate of drug-likeness (QED) is 0.855. The summed E-state index contributed by atoms with van der Waals surface area (Å²) in [4.78, 5) is 22.5. The highest BCUT2D eigenvalue weighted by Crippen LogP contribution is 2.70. The predicted molar refractivity (Wildman–Crippen MR) is 97.3 cm³/mol. The van der Waals surface area contributed by atoms with Crippen molar-refractivity contribution < 1.29 is 9.59 Å². The van der Waals surface area contributed by atoms with Crippen molar-refractivity contribution in [2.45, 2.75) is 47.0 Å². The molecule has 0 saturated heterocycles. The van der Waals surface area contributed by atoms with Gasteiger partial charge in [-0.1, -0.05) is 64.6 Å². The van der Waals surface area contributed by atoms with Crippen molar-refractivity contribution in [3.8, 4) is 0 Å². The maximum Gasteiger partial charge on any atom is 0.240 e. The van der Waals surface area contributed by atoms with E-state index >= 15 is 0 Å². The smallest absolute Gasteiger partial charge is 0.240 e. The van der Waals surface area contributed by atoms with Gasteiger partial charge in [0.25, 0.3) is 0 Å². The third-order valence-corrected chi connectivity index (χ3v) is 6.63. The summed E-state index contributed by atoms with van der Waals surface area (Å²) in [5.74, 6) is 0.549. The number of benzene rings is 1. The molecule has 0 heterocycles. The Hall–Kier alpha value is -1.90. The van der Waals surface area contributed by atoms with Gasteiger partial charge in [0.15, 0.2) is 0 Å². The van der Waals surface area contributed by atoms with Crippen LogP contribution in [0, 0.1) is 22.2 Å². The van der Waals surface area contributed by atoms with Gasteiger partial charge in [0, 0.05) is 10.8 Å². The lowest BCUT2D eigenvalue weighted by Crippen LogP contribution is -2.39. The zero-order chi connectivity index (χ0) is 18.2. The second kappa shape index (κ2) is 6.19. The molecule has 3 nitrogen and oxygen atoms in total. The van der Waals surface area contributed by atoms with E-state index in [2.05, 4.69) is 64.3 Å². The average molecular weight is 327 g/mol. The SMILES string of the molecule is C=CC(N)=O.CC1(Cc2ccccc2)C(=O)C2(C)CCC1C2(C)C. The van der Waals surface area contributed by atoms with Crippen LogP contribution in [-0.4, -0.2) is 11.7 Å². The monoisotopic (exact) mass is 327 g/mol. The largest absolute Gasteiger partial charge is 0.366 e. The van der Waals surface area contributed by atoms with E-state index in [1.54, 1.807) is 0 Å². The summed E-state index contributed by atoms with van der Waals surface area (Å²) in [6.07, 6.45) is 4.24. The number of amides is 1. The van der Waals surface area contributed by atoms with E-state index < -0.39 is 5.91 Å². The highest BCUT2D eigenvalue weighted by atomic mass is 16.1. The number of carbonyl (C=O) groups is 2. The Balaban J connectivity index is 0.000000368. The van der Waals surface area contributed by atoms with Crippen molar-refractivity contribution in [1.82, 2.24) is 0 Å². The number of rotatable bonds is 3. The summed E-state index contributed by atoms with van der Waals surface area (Å²) < 4.78 is 0. The maximum atomic E-state index is 13.0. The molecular formula is C21H29NO2. The number of ketones is 1. The molecule has 2 aliphatic carbocycles. The molecule has 3 heteroatoms. The normalized spacial score (nSPS) is 32.8. The zero-order valence-corrected chi connectivity index (χ0v) is 15.3. The molecule has 3 atom stereocenters. The second-order valence-corrected chi connectivity index (χ2v) is 8.16. The number of hydrogen-bond acceptors (Lipinski definition) is 2. The number of fused-ring (bicyclic) bond motifs is 2. The molecule has 3 unspecified atom stereocenters. The van der Waals surface area contributed by atoms with E-state index in [4.69, 9.17) is 0 Å². The highest BCUT2D eigenvalue weighted by molar-refractivity contribution is 5.95. The standard InChI is InChI=1S/C18H24O.C3H5NO/c1-16(2)14-10-11-18(16,4)15(19)17(14,3)12-13-8-6-5-7-9-13;1-2-3(4)5/h5-9,14H,10-12H2,1-4H3;2H,1H2,(H2,4,5). The van der Waals surface area contributed by atoms with Gasteiger partial charge in [-0.25, -0.2) is 0 Å². The van der Waals surface area contributed by atoms with Gasteiger partial charge >= 0.3 is 0 Å². The van der Waals surface area contributed by atoms with E-state index in [-0.39, 0.29) is 16.2 Å². The topological polar surface area (TPSA) is 60.2 Å².